The molecule has 1 saturated heterocycles. The number of carbonyl (C=O) groups excluding carboxylic acids is 1. The summed E-state index contributed by atoms with van der Waals surface area (Å²) in [5.74, 6) is 0.288. The second kappa shape index (κ2) is 8.10. The van der Waals surface area contributed by atoms with Crippen molar-refractivity contribution in [3.05, 3.63) is 59.7 Å². The van der Waals surface area contributed by atoms with Crippen LogP contribution in [0.4, 0.5) is 5.69 Å². The largest absolute Gasteiger partial charge is 0.474 e. The number of fused-ring (bicyclic) bond motifs is 1. The molecule has 0 radical (unpaired) electrons. The number of nitrogens with one attached hydrogen (secondary N) is 1. The normalized spacial score (nSPS) is 29.7. The molecule has 4 rings (SSSR count). The maximum atomic E-state index is 12.5. The van der Waals surface area contributed by atoms with Crippen LogP contribution in [-0.4, -0.2) is 68.7 Å². The Labute approximate surface area is 168 Å². The van der Waals surface area contributed by atoms with Gasteiger partial charge < -0.3 is 30.5 Å². The van der Waals surface area contributed by atoms with Gasteiger partial charge in [-0.15, -0.1) is 0 Å². The van der Waals surface area contributed by atoms with E-state index in [9.17, 15) is 25.2 Å². The number of benzene rings is 2. The van der Waals surface area contributed by atoms with Crippen LogP contribution >= 0.6 is 0 Å². The molecule has 0 bridgehead atoms. The van der Waals surface area contributed by atoms with Crippen molar-refractivity contribution >= 4 is 11.6 Å². The highest BCUT2D eigenvalue weighted by atomic mass is 16.5. The highest BCUT2D eigenvalue weighted by molar-refractivity contribution is 5.98. The molecule has 5 unspecified atom stereocenters. The number of hydrogen-bond acceptors (Lipinski definition) is 7. The van der Waals surface area contributed by atoms with Gasteiger partial charge in [-0.05, 0) is 17.7 Å². The zero-order valence-electron chi connectivity index (χ0n) is 15.7. The number of rotatable bonds is 4. The van der Waals surface area contributed by atoms with Crippen molar-refractivity contribution < 1.29 is 30.0 Å². The van der Waals surface area contributed by atoms with Gasteiger partial charge in [0, 0.05) is 18.7 Å². The lowest BCUT2D eigenvalue weighted by Gasteiger charge is -2.43. The van der Waals surface area contributed by atoms with Crippen molar-refractivity contribution in [2.24, 2.45) is 0 Å². The Bertz CT molecular complexity index is 877. The van der Waals surface area contributed by atoms with Gasteiger partial charge in [0.15, 0.2) is 0 Å². The van der Waals surface area contributed by atoms with E-state index in [0.717, 1.165) is 11.1 Å². The van der Waals surface area contributed by atoms with Crippen LogP contribution in [0.2, 0.25) is 0 Å². The van der Waals surface area contributed by atoms with Gasteiger partial charge in [-0.2, -0.15) is 0 Å². The molecular weight excluding hydrogens is 376 g/mol. The first kappa shape index (κ1) is 19.8. The summed E-state index contributed by atoms with van der Waals surface area (Å²) < 4.78 is 5.89. The fraction of sp³-hybridized carbons (Fsp3) is 0.381. The molecule has 5 atom stereocenters. The lowest BCUT2D eigenvalue weighted by atomic mass is 9.93. The molecule has 2 heterocycles. The van der Waals surface area contributed by atoms with Gasteiger partial charge >= 0.3 is 0 Å². The molecule has 5 N–H and O–H groups in total. The molecule has 29 heavy (non-hydrogen) atoms. The lowest BCUT2D eigenvalue weighted by Crippen LogP contribution is -2.62. The van der Waals surface area contributed by atoms with Crippen LogP contribution in [0.15, 0.2) is 48.5 Å². The molecule has 0 saturated carbocycles. The molecule has 2 aliphatic rings. The maximum Gasteiger partial charge on any atom is 0.270 e. The van der Waals surface area contributed by atoms with Gasteiger partial charge in [0.25, 0.3) is 5.91 Å². The molecule has 8 nitrogen and oxygen atoms in total. The van der Waals surface area contributed by atoms with E-state index in [1.807, 2.05) is 36.4 Å². The van der Waals surface area contributed by atoms with E-state index in [2.05, 4.69) is 5.32 Å². The van der Waals surface area contributed by atoms with Crippen molar-refractivity contribution in [3.63, 3.8) is 0 Å². The SMILES string of the molecule is O=C1Nc2cc(CN3CC(O)C(O)C(O)C3CO)ccc2OC1c1ccccc1. The number of aliphatic hydroxyl groups excluding tert-OH is 4. The number of anilines is 1. The topological polar surface area (TPSA) is 122 Å². The lowest BCUT2D eigenvalue weighted by molar-refractivity contribution is -0.147. The van der Waals surface area contributed by atoms with Gasteiger partial charge in [0.2, 0.25) is 6.10 Å². The molecule has 0 spiro atoms. The second-order valence-electron chi connectivity index (χ2n) is 7.46. The summed E-state index contributed by atoms with van der Waals surface area (Å²) in [7, 11) is 0. The third-order valence-corrected chi connectivity index (χ3v) is 5.49. The summed E-state index contributed by atoms with van der Waals surface area (Å²) >= 11 is 0. The quantitative estimate of drug-likeness (QED) is 0.490. The van der Waals surface area contributed by atoms with E-state index in [-0.39, 0.29) is 19.1 Å². The van der Waals surface area contributed by atoms with Gasteiger partial charge in [0.05, 0.1) is 24.4 Å². The minimum atomic E-state index is -1.30. The van der Waals surface area contributed by atoms with E-state index in [0.29, 0.717) is 18.0 Å². The van der Waals surface area contributed by atoms with Gasteiger partial charge in [0.1, 0.15) is 18.0 Å². The third kappa shape index (κ3) is 3.85. The summed E-state index contributed by atoms with van der Waals surface area (Å²) in [6.45, 7) is 0.0747. The Morgan fingerprint density at radius 2 is 1.83 bits per heavy atom. The van der Waals surface area contributed by atoms with Crippen LogP contribution in [0.3, 0.4) is 0 Å². The van der Waals surface area contributed by atoms with E-state index in [4.69, 9.17) is 4.74 Å². The Hall–Kier alpha value is -2.49. The zero-order valence-corrected chi connectivity index (χ0v) is 15.7. The molecule has 154 valence electrons. The fourth-order valence-electron chi connectivity index (χ4n) is 3.90. The van der Waals surface area contributed by atoms with Crippen LogP contribution < -0.4 is 10.1 Å². The first-order valence-corrected chi connectivity index (χ1v) is 9.52. The van der Waals surface area contributed by atoms with Crippen LogP contribution in [0.5, 0.6) is 5.75 Å². The molecule has 1 fully saturated rings. The monoisotopic (exact) mass is 400 g/mol. The molecule has 0 aliphatic carbocycles. The number of hydrogen-bond donors (Lipinski definition) is 5. The Kier molecular flexibility index (Phi) is 5.53. The number of amides is 1. The van der Waals surface area contributed by atoms with Crippen LogP contribution in [0, 0.1) is 0 Å². The van der Waals surface area contributed by atoms with Crippen molar-refractivity contribution in [3.8, 4) is 5.75 Å². The van der Waals surface area contributed by atoms with Gasteiger partial charge in [-0.25, -0.2) is 0 Å². The fourth-order valence-corrected chi connectivity index (χ4v) is 3.90. The van der Waals surface area contributed by atoms with E-state index in [1.165, 1.54) is 0 Å². The van der Waals surface area contributed by atoms with Crippen LogP contribution in [-0.2, 0) is 11.3 Å². The third-order valence-electron chi connectivity index (χ3n) is 5.49. The van der Waals surface area contributed by atoms with E-state index in [1.54, 1.807) is 17.0 Å². The number of carbonyl (C=O) groups is 1. The molecule has 2 aromatic carbocycles. The standard InChI is InChI=1S/C21H24N2O6/c24-11-15-18(26)19(27)16(25)10-23(15)9-12-6-7-17-14(8-12)22-21(28)20(29-17)13-4-2-1-3-5-13/h1-8,15-16,18-20,24-27H,9-11H2,(H,22,28). The summed E-state index contributed by atoms with van der Waals surface area (Å²) in [6, 6.07) is 13.9. The van der Waals surface area contributed by atoms with E-state index >= 15 is 0 Å². The number of piperidine rings is 1. The summed E-state index contributed by atoms with van der Waals surface area (Å²) in [5.41, 5.74) is 2.11. The first-order chi connectivity index (χ1) is 14.0. The summed E-state index contributed by atoms with van der Waals surface area (Å²) in [4.78, 5) is 14.2. The van der Waals surface area contributed by atoms with Crippen molar-refractivity contribution in [2.75, 3.05) is 18.5 Å². The summed E-state index contributed by atoms with van der Waals surface area (Å²) in [5, 5.41) is 42.4. The number of aliphatic hydroxyl groups is 4. The van der Waals surface area contributed by atoms with Crippen molar-refractivity contribution in [1.29, 1.82) is 0 Å². The van der Waals surface area contributed by atoms with Gasteiger partial charge in [-0.1, -0.05) is 36.4 Å². The minimum absolute atomic E-state index is 0.111. The average molecular weight is 400 g/mol. The highest BCUT2D eigenvalue weighted by Crippen LogP contribution is 2.36. The molecule has 2 aromatic rings. The molecule has 2 aliphatic heterocycles. The molecule has 8 heteroatoms. The number of likely N-dealkylation sites (tertiary alicyclic amines) is 1. The smallest absolute Gasteiger partial charge is 0.270 e. The molecule has 1 amide bonds. The number of ether oxygens (including phenoxy) is 1. The molecular formula is C21H24N2O6. The average Bonchev–Trinajstić information content (AvgIpc) is 2.72. The Morgan fingerprint density at radius 3 is 2.55 bits per heavy atom. The van der Waals surface area contributed by atoms with Crippen molar-refractivity contribution in [1.82, 2.24) is 4.90 Å². The Morgan fingerprint density at radius 1 is 1.07 bits per heavy atom. The molecule has 0 aromatic heterocycles. The maximum absolute atomic E-state index is 12.5. The predicted molar refractivity (Wildman–Crippen MR) is 104 cm³/mol. The predicted octanol–water partition coefficient (Wildman–Crippen LogP) is 0.0180. The van der Waals surface area contributed by atoms with Crippen LogP contribution in [0.1, 0.15) is 17.2 Å². The zero-order chi connectivity index (χ0) is 20.5. The second-order valence-corrected chi connectivity index (χ2v) is 7.46. The van der Waals surface area contributed by atoms with Crippen molar-refractivity contribution in [2.45, 2.75) is 37.0 Å². The number of nitrogens with zero attached hydrogens (tertiary/aromatic N) is 1. The van der Waals surface area contributed by atoms with Crippen LogP contribution in [0.25, 0.3) is 0 Å². The van der Waals surface area contributed by atoms with Gasteiger partial charge in [-0.3, -0.25) is 9.69 Å². The summed E-state index contributed by atoms with van der Waals surface area (Å²) in [6.07, 6.45) is -4.38. The Balaban J connectivity index is 1.52. The minimum Gasteiger partial charge on any atom is -0.474 e. The first-order valence-electron chi connectivity index (χ1n) is 9.52. The number of β-amino-alcohol motifs (C(OH)–C–C–N with tert-alkyl or cyclic N) is 1. The highest BCUT2D eigenvalue weighted by Gasteiger charge is 2.41. The van der Waals surface area contributed by atoms with E-state index < -0.39 is 30.5 Å².